The van der Waals surface area contributed by atoms with E-state index in [-0.39, 0.29) is 23.8 Å². The Morgan fingerprint density at radius 2 is 2.00 bits per heavy atom. The van der Waals surface area contributed by atoms with Crippen molar-refractivity contribution >= 4 is 33.9 Å². The molecule has 0 saturated carbocycles. The van der Waals surface area contributed by atoms with E-state index in [0.717, 1.165) is 36.4 Å². The molecule has 7 nitrogen and oxygen atoms in total. The van der Waals surface area contributed by atoms with Gasteiger partial charge in [0.05, 0.1) is 23.9 Å². The molecular formula is C19H21ClN4O3S. The van der Waals surface area contributed by atoms with Crippen molar-refractivity contribution in [2.45, 2.75) is 25.8 Å². The van der Waals surface area contributed by atoms with E-state index in [1.54, 1.807) is 6.92 Å². The summed E-state index contributed by atoms with van der Waals surface area (Å²) in [6.45, 7) is 3.24. The standard InChI is InChI=1S/C19H21ClN4O3S/c1-11-21-19-24(22-11)17(25)16(28-19)15(12-3-5-14(20)6-4-12)23-9-7-13(8-10-23)18(26)27-2/h3-6,13,15,25H,7-10H2,1-2H3/t15-/m1/s1. The molecule has 0 unspecified atom stereocenters. The third-order valence-corrected chi connectivity index (χ3v) is 6.49. The van der Waals surface area contributed by atoms with Crippen molar-refractivity contribution in [2.24, 2.45) is 5.92 Å². The molecule has 3 aromatic rings. The molecule has 3 heterocycles. The first-order valence-electron chi connectivity index (χ1n) is 9.10. The first-order chi connectivity index (χ1) is 13.5. The number of hydrogen-bond acceptors (Lipinski definition) is 7. The fourth-order valence-corrected chi connectivity index (χ4v) is 5.05. The summed E-state index contributed by atoms with van der Waals surface area (Å²) in [5.41, 5.74) is 1.03. The molecular weight excluding hydrogens is 400 g/mol. The van der Waals surface area contributed by atoms with Gasteiger partial charge in [-0.05, 0) is 50.6 Å². The summed E-state index contributed by atoms with van der Waals surface area (Å²) < 4.78 is 6.38. The van der Waals surface area contributed by atoms with Crippen LogP contribution in [0.2, 0.25) is 5.02 Å². The van der Waals surface area contributed by atoms with Gasteiger partial charge in [-0.15, -0.1) is 5.10 Å². The van der Waals surface area contributed by atoms with Gasteiger partial charge in [-0.2, -0.15) is 4.52 Å². The smallest absolute Gasteiger partial charge is 0.308 e. The maximum Gasteiger partial charge on any atom is 0.308 e. The lowest BCUT2D eigenvalue weighted by atomic mass is 9.94. The molecule has 0 amide bonds. The molecule has 1 fully saturated rings. The average Bonchev–Trinajstić information content (AvgIpc) is 3.21. The summed E-state index contributed by atoms with van der Waals surface area (Å²) in [7, 11) is 1.43. The Morgan fingerprint density at radius 3 is 2.61 bits per heavy atom. The monoisotopic (exact) mass is 420 g/mol. The number of carbonyl (C=O) groups is 1. The number of nitrogens with zero attached hydrogens (tertiary/aromatic N) is 4. The highest BCUT2D eigenvalue weighted by atomic mass is 35.5. The van der Waals surface area contributed by atoms with Gasteiger partial charge < -0.3 is 9.84 Å². The first-order valence-corrected chi connectivity index (χ1v) is 10.3. The summed E-state index contributed by atoms with van der Waals surface area (Å²) in [6, 6.07) is 7.48. The second-order valence-corrected chi connectivity index (χ2v) is 8.38. The van der Waals surface area contributed by atoms with Crippen molar-refractivity contribution in [1.82, 2.24) is 19.5 Å². The molecule has 1 aromatic carbocycles. The molecule has 1 saturated heterocycles. The number of likely N-dealkylation sites (tertiary alicyclic amines) is 1. The van der Waals surface area contributed by atoms with Gasteiger partial charge in [0.25, 0.3) is 0 Å². The van der Waals surface area contributed by atoms with E-state index in [4.69, 9.17) is 16.3 Å². The summed E-state index contributed by atoms with van der Waals surface area (Å²) in [5.74, 6) is 0.496. The maximum atomic E-state index is 11.9. The van der Waals surface area contributed by atoms with Gasteiger partial charge in [0.15, 0.2) is 0 Å². The number of halogens is 1. The molecule has 0 bridgehead atoms. The van der Waals surface area contributed by atoms with E-state index >= 15 is 0 Å². The Balaban J connectivity index is 1.70. The normalized spacial score (nSPS) is 17.1. The molecule has 1 N–H and O–H groups in total. The molecule has 4 rings (SSSR count). The van der Waals surface area contributed by atoms with Crippen LogP contribution in [0.15, 0.2) is 24.3 Å². The summed E-state index contributed by atoms with van der Waals surface area (Å²) in [4.78, 5) is 20.0. The Bertz CT molecular complexity index is 993. The number of ether oxygens (including phenoxy) is 1. The zero-order chi connectivity index (χ0) is 19.8. The van der Waals surface area contributed by atoms with Crippen LogP contribution < -0.4 is 0 Å². The van der Waals surface area contributed by atoms with E-state index in [0.29, 0.717) is 15.8 Å². The van der Waals surface area contributed by atoms with Gasteiger partial charge in [0, 0.05) is 5.02 Å². The van der Waals surface area contributed by atoms with Crippen LogP contribution in [0.25, 0.3) is 4.96 Å². The SMILES string of the molecule is COC(=O)C1CCN([C@H](c2ccc(Cl)cc2)c2sc3nc(C)nn3c2O)CC1. The minimum Gasteiger partial charge on any atom is -0.492 e. The van der Waals surface area contributed by atoms with Crippen LogP contribution in [-0.4, -0.2) is 50.8 Å². The van der Waals surface area contributed by atoms with Crippen molar-refractivity contribution in [3.8, 4) is 5.88 Å². The molecule has 1 aliphatic heterocycles. The number of fused-ring (bicyclic) bond motifs is 1. The van der Waals surface area contributed by atoms with Gasteiger partial charge in [-0.3, -0.25) is 9.69 Å². The lowest BCUT2D eigenvalue weighted by molar-refractivity contribution is -0.147. The number of esters is 1. The van der Waals surface area contributed by atoms with Crippen LogP contribution in [0, 0.1) is 12.8 Å². The lowest BCUT2D eigenvalue weighted by Gasteiger charge is -2.36. The largest absolute Gasteiger partial charge is 0.492 e. The molecule has 0 aliphatic carbocycles. The van der Waals surface area contributed by atoms with Crippen molar-refractivity contribution in [1.29, 1.82) is 0 Å². The third kappa shape index (κ3) is 3.47. The predicted molar refractivity (Wildman–Crippen MR) is 107 cm³/mol. The fourth-order valence-electron chi connectivity index (χ4n) is 3.76. The van der Waals surface area contributed by atoms with Crippen molar-refractivity contribution < 1.29 is 14.6 Å². The highest BCUT2D eigenvalue weighted by Gasteiger charge is 2.34. The topological polar surface area (TPSA) is 80.0 Å². The number of piperidine rings is 1. The summed E-state index contributed by atoms with van der Waals surface area (Å²) in [6.07, 6.45) is 1.44. The highest BCUT2D eigenvalue weighted by Crippen LogP contribution is 2.41. The van der Waals surface area contributed by atoms with Crippen LogP contribution in [-0.2, 0) is 9.53 Å². The van der Waals surface area contributed by atoms with E-state index in [1.807, 2.05) is 24.3 Å². The Morgan fingerprint density at radius 1 is 1.32 bits per heavy atom. The number of carbonyl (C=O) groups excluding carboxylic acids is 1. The van der Waals surface area contributed by atoms with Crippen LogP contribution in [0.3, 0.4) is 0 Å². The molecule has 28 heavy (non-hydrogen) atoms. The minimum absolute atomic E-state index is 0.0781. The zero-order valence-electron chi connectivity index (χ0n) is 15.6. The number of aryl methyl sites for hydroxylation is 1. The molecule has 1 aliphatic rings. The highest BCUT2D eigenvalue weighted by molar-refractivity contribution is 7.17. The zero-order valence-corrected chi connectivity index (χ0v) is 17.2. The summed E-state index contributed by atoms with van der Waals surface area (Å²) in [5, 5.41) is 15.8. The second-order valence-electron chi connectivity index (χ2n) is 6.93. The van der Waals surface area contributed by atoms with Gasteiger partial charge in [0.1, 0.15) is 5.82 Å². The first kappa shape index (κ1) is 19.2. The third-order valence-electron chi connectivity index (χ3n) is 5.17. The number of methoxy groups -OCH3 is 1. The van der Waals surface area contributed by atoms with E-state index in [2.05, 4.69) is 15.0 Å². The number of benzene rings is 1. The van der Waals surface area contributed by atoms with Crippen LogP contribution >= 0.6 is 22.9 Å². The Hall–Kier alpha value is -2.16. The number of aromatic hydroxyl groups is 1. The quantitative estimate of drug-likeness (QED) is 0.651. The molecule has 1 atom stereocenters. The lowest BCUT2D eigenvalue weighted by Crippen LogP contribution is -2.39. The molecule has 0 spiro atoms. The minimum atomic E-state index is -0.162. The number of thiazole rings is 1. The van der Waals surface area contributed by atoms with Crippen molar-refractivity contribution in [3.63, 3.8) is 0 Å². The molecule has 148 valence electrons. The molecule has 9 heteroatoms. The maximum absolute atomic E-state index is 11.9. The second kappa shape index (κ2) is 7.69. The predicted octanol–water partition coefficient (Wildman–Crippen LogP) is 3.43. The molecule has 0 radical (unpaired) electrons. The Kier molecular flexibility index (Phi) is 5.27. The van der Waals surface area contributed by atoms with Gasteiger partial charge in [-0.25, -0.2) is 4.98 Å². The number of hydrogen-bond donors (Lipinski definition) is 1. The van der Waals surface area contributed by atoms with E-state index < -0.39 is 0 Å². The number of rotatable bonds is 4. The van der Waals surface area contributed by atoms with E-state index in [9.17, 15) is 9.90 Å². The molecule has 2 aromatic heterocycles. The average molecular weight is 421 g/mol. The summed E-state index contributed by atoms with van der Waals surface area (Å²) >= 11 is 7.51. The van der Waals surface area contributed by atoms with Crippen molar-refractivity contribution in [2.75, 3.05) is 20.2 Å². The van der Waals surface area contributed by atoms with Crippen LogP contribution in [0.5, 0.6) is 5.88 Å². The van der Waals surface area contributed by atoms with Gasteiger partial charge in [0.2, 0.25) is 10.8 Å². The van der Waals surface area contributed by atoms with E-state index in [1.165, 1.54) is 23.0 Å². The van der Waals surface area contributed by atoms with Crippen molar-refractivity contribution in [3.05, 3.63) is 45.6 Å². The Labute approximate surface area is 171 Å². The van der Waals surface area contributed by atoms with Gasteiger partial charge in [-0.1, -0.05) is 35.1 Å². The van der Waals surface area contributed by atoms with Gasteiger partial charge >= 0.3 is 5.97 Å². The number of aromatic nitrogens is 3. The van der Waals surface area contributed by atoms with Crippen LogP contribution in [0.4, 0.5) is 0 Å². The van der Waals surface area contributed by atoms with Crippen LogP contribution in [0.1, 0.15) is 35.1 Å². The fraction of sp³-hybridized carbons (Fsp3) is 0.421.